The molecule has 10 atom stereocenters. The Hall–Kier alpha value is -3.67. The van der Waals surface area contributed by atoms with Gasteiger partial charge in [0.1, 0.15) is 59.1 Å². The minimum atomic E-state index is -1.81. The van der Waals surface area contributed by atoms with Gasteiger partial charge < -0.3 is 69.3 Å². The summed E-state index contributed by atoms with van der Waals surface area (Å²) < 4.78 is 28.0. The molecule has 1 aromatic heterocycles. The summed E-state index contributed by atoms with van der Waals surface area (Å²) in [4.78, 5) is 13.7. The fraction of sp³-hybridized carbons (Fsp3) is 0.444. The van der Waals surface area contributed by atoms with Crippen LogP contribution in [0.4, 0.5) is 0 Å². The Bertz CT molecular complexity index is 1520. The van der Waals surface area contributed by atoms with Crippen LogP contribution >= 0.6 is 0 Å². The average Bonchev–Trinajstić information content (AvgIpc) is 2.94. The Morgan fingerprint density at radius 2 is 1.24 bits per heavy atom. The van der Waals surface area contributed by atoms with Gasteiger partial charge >= 0.3 is 0 Å². The van der Waals surface area contributed by atoms with Gasteiger partial charge in [-0.2, -0.15) is 0 Å². The van der Waals surface area contributed by atoms with Crippen LogP contribution in [-0.4, -0.2) is 107 Å². The second-order valence-corrected chi connectivity index (χ2v) is 10.2. The van der Waals surface area contributed by atoms with E-state index in [0.717, 1.165) is 24.3 Å². The number of hydrogen-bond donors (Lipinski definition) is 9. The van der Waals surface area contributed by atoms with Crippen LogP contribution in [0, 0.1) is 0 Å². The van der Waals surface area contributed by atoms with E-state index in [1.165, 1.54) is 19.9 Å². The smallest absolute Gasteiger partial charge is 0.239 e. The number of ether oxygens (including phenoxy) is 4. The molecule has 2 aromatic carbocycles. The fourth-order valence-corrected chi connectivity index (χ4v) is 4.76. The van der Waals surface area contributed by atoms with Crippen molar-refractivity contribution in [2.24, 2.45) is 0 Å². The normalized spacial score (nSPS) is 33.4. The molecule has 2 aliphatic rings. The maximum absolute atomic E-state index is 13.7. The molecule has 2 fully saturated rings. The number of aliphatic hydroxyl groups is 6. The summed E-state index contributed by atoms with van der Waals surface area (Å²) in [5, 5.41) is 91.2. The summed E-state index contributed by atoms with van der Waals surface area (Å²) in [6.07, 6.45) is -14.7. The number of phenols is 3. The maximum atomic E-state index is 13.7. The molecule has 2 saturated heterocycles. The predicted molar refractivity (Wildman–Crippen MR) is 139 cm³/mol. The SMILES string of the molecule is C[C@@H]1O[C@@H](Oc2c(-c3ccc(O)c(O)c3)oc3cc(O[C@H]4O[C@H](C)[C@H](O)[C@@H](O)[C@@H]4O)cc(O)c3c2=O)[C@H](O)[C@H](O)[C@H]1O. The molecular weight excluding hydrogens is 564 g/mol. The molecular formula is C27H30O15. The third-order valence-electron chi connectivity index (χ3n) is 7.25. The van der Waals surface area contributed by atoms with Crippen LogP contribution in [0.25, 0.3) is 22.3 Å². The van der Waals surface area contributed by atoms with Gasteiger partial charge in [-0.25, -0.2) is 0 Å². The topological polar surface area (TPSA) is 249 Å². The van der Waals surface area contributed by atoms with Gasteiger partial charge in [-0.1, -0.05) is 0 Å². The van der Waals surface area contributed by atoms with Crippen LogP contribution in [0.3, 0.4) is 0 Å². The summed E-state index contributed by atoms with van der Waals surface area (Å²) in [6, 6.07) is 5.59. The van der Waals surface area contributed by atoms with Gasteiger partial charge in [0.25, 0.3) is 0 Å². The zero-order chi connectivity index (χ0) is 30.6. The lowest BCUT2D eigenvalue weighted by Gasteiger charge is -2.39. The number of phenolic OH excluding ortho intramolecular Hbond substituents is 3. The standard InChI is InChI=1S/C27H30O15/c1-8-17(31)20(34)22(36)26(38-8)40-11-6-14(30)16-15(7-11)41-24(10-3-4-12(28)13(29)5-10)25(19(16)33)42-27-23(37)21(35)18(32)9(2)39-27/h3-9,17-18,20-23,26-32,34-37H,1-2H3/t8-,9+,17+,18+,20-,21-,22+,23-,26-,27+/m1/s1. The summed E-state index contributed by atoms with van der Waals surface area (Å²) in [5.41, 5.74) is -1.26. The first kappa shape index (κ1) is 29.8. The molecule has 0 aliphatic carbocycles. The van der Waals surface area contributed by atoms with Crippen LogP contribution in [0.5, 0.6) is 28.7 Å². The quantitative estimate of drug-likeness (QED) is 0.161. The summed E-state index contributed by atoms with van der Waals surface area (Å²) in [5.74, 6) is -2.89. The summed E-state index contributed by atoms with van der Waals surface area (Å²) >= 11 is 0. The minimum Gasteiger partial charge on any atom is -0.507 e. The Labute approximate surface area is 236 Å². The van der Waals surface area contributed by atoms with Crippen LogP contribution in [0.15, 0.2) is 39.5 Å². The lowest BCUT2D eigenvalue weighted by atomic mass is 10.00. The summed E-state index contributed by atoms with van der Waals surface area (Å²) in [6.45, 7) is 2.85. The first-order chi connectivity index (χ1) is 19.8. The van der Waals surface area contributed by atoms with E-state index in [-0.39, 0.29) is 22.7 Å². The van der Waals surface area contributed by atoms with E-state index in [1.807, 2.05) is 0 Å². The van der Waals surface area contributed by atoms with Crippen molar-refractivity contribution in [3.63, 3.8) is 0 Å². The Morgan fingerprint density at radius 3 is 1.81 bits per heavy atom. The van der Waals surface area contributed by atoms with Gasteiger partial charge in [-0.15, -0.1) is 0 Å². The maximum Gasteiger partial charge on any atom is 0.239 e. The number of hydrogen-bond acceptors (Lipinski definition) is 15. The summed E-state index contributed by atoms with van der Waals surface area (Å²) in [7, 11) is 0. The van der Waals surface area contributed by atoms with Gasteiger partial charge in [0.2, 0.25) is 23.8 Å². The predicted octanol–water partition coefficient (Wildman–Crippen LogP) is -1.01. The molecule has 15 heteroatoms. The second kappa shape index (κ2) is 11.2. The highest BCUT2D eigenvalue weighted by Crippen LogP contribution is 2.40. The first-order valence-corrected chi connectivity index (χ1v) is 12.9. The number of aliphatic hydroxyl groups excluding tert-OH is 6. The van der Waals surface area contributed by atoms with Crippen molar-refractivity contribution in [1.29, 1.82) is 0 Å². The lowest BCUT2D eigenvalue weighted by Crippen LogP contribution is -2.58. The van der Waals surface area contributed by atoms with Crippen molar-refractivity contribution >= 4 is 11.0 Å². The van der Waals surface area contributed by atoms with Crippen molar-refractivity contribution in [1.82, 2.24) is 0 Å². The van der Waals surface area contributed by atoms with Crippen LogP contribution in [-0.2, 0) is 9.47 Å². The largest absolute Gasteiger partial charge is 0.507 e. The molecule has 0 radical (unpaired) electrons. The highest BCUT2D eigenvalue weighted by atomic mass is 16.7. The third-order valence-corrected chi connectivity index (χ3v) is 7.25. The van der Waals surface area contributed by atoms with Gasteiger partial charge in [0.15, 0.2) is 17.3 Å². The highest BCUT2D eigenvalue weighted by molar-refractivity contribution is 5.88. The van der Waals surface area contributed by atoms with Crippen molar-refractivity contribution in [2.75, 3.05) is 0 Å². The minimum absolute atomic E-state index is 0.000938. The molecule has 0 bridgehead atoms. The Morgan fingerprint density at radius 1 is 0.667 bits per heavy atom. The molecule has 228 valence electrons. The van der Waals surface area contributed by atoms with Gasteiger partial charge in [0, 0.05) is 17.7 Å². The molecule has 0 spiro atoms. The van der Waals surface area contributed by atoms with Crippen molar-refractivity contribution in [2.45, 2.75) is 75.3 Å². The van der Waals surface area contributed by atoms with E-state index >= 15 is 0 Å². The Balaban J connectivity index is 1.61. The highest BCUT2D eigenvalue weighted by Gasteiger charge is 2.45. The van der Waals surface area contributed by atoms with Gasteiger partial charge in [0.05, 0.1) is 12.2 Å². The van der Waals surface area contributed by atoms with Crippen molar-refractivity contribution in [3.05, 3.63) is 40.6 Å². The van der Waals surface area contributed by atoms with Crippen LogP contribution in [0.2, 0.25) is 0 Å². The van der Waals surface area contributed by atoms with E-state index in [0.29, 0.717) is 0 Å². The molecule has 15 nitrogen and oxygen atoms in total. The molecule has 5 rings (SSSR count). The average molecular weight is 595 g/mol. The van der Waals surface area contributed by atoms with Crippen LogP contribution in [0.1, 0.15) is 13.8 Å². The molecule has 0 amide bonds. The Kier molecular flexibility index (Phi) is 7.95. The van der Waals surface area contributed by atoms with E-state index in [1.54, 1.807) is 0 Å². The van der Waals surface area contributed by atoms with Gasteiger partial charge in [-0.05, 0) is 32.0 Å². The molecule has 0 unspecified atom stereocenters. The number of rotatable bonds is 5. The first-order valence-electron chi connectivity index (χ1n) is 12.9. The van der Waals surface area contributed by atoms with E-state index in [4.69, 9.17) is 23.4 Å². The molecule has 42 heavy (non-hydrogen) atoms. The zero-order valence-electron chi connectivity index (χ0n) is 22.1. The van der Waals surface area contributed by atoms with Crippen molar-refractivity contribution < 1.29 is 69.3 Å². The number of benzene rings is 2. The van der Waals surface area contributed by atoms with Crippen LogP contribution < -0.4 is 14.9 Å². The monoisotopic (exact) mass is 594 g/mol. The number of aromatic hydroxyl groups is 3. The third kappa shape index (κ3) is 5.21. The lowest BCUT2D eigenvalue weighted by molar-refractivity contribution is -0.268. The van der Waals surface area contributed by atoms with E-state index in [9.17, 15) is 50.8 Å². The second-order valence-electron chi connectivity index (χ2n) is 10.2. The molecule has 3 aromatic rings. The molecule has 3 heterocycles. The molecule has 0 saturated carbocycles. The van der Waals surface area contributed by atoms with Gasteiger partial charge in [-0.3, -0.25) is 4.79 Å². The molecule has 9 N–H and O–H groups in total. The van der Waals surface area contributed by atoms with E-state index < -0.39 is 95.2 Å². The van der Waals surface area contributed by atoms with Crippen molar-refractivity contribution in [3.8, 4) is 40.1 Å². The number of fused-ring (bicyclic) bond motifs is 1. The fourth-order valence-electron chi connectivity index (χ4n) is 4.76. The zero-order valence-corrected chi connectivity index (χ0v) is 22.1. The molecule has 2 aliphatic heterocycles. The van der Waals surface area contributed by atoms with E-state index in [2.05, 4.69) is 0 Å².